The van der Waals surface area contributed by atoms with Gasteiger partial charge >= 0.3 is 0 Å². The first-order chi connectivity index (χ1) is 5.74. The number of aryl methyl sites for hydroxylation is 1. The summed E-state index contributed by atoms with van der Waals surface area (Å²) >= 11 is 1.76. The summed E-state index contributed by atoms with van der Waals surface area (Å²) in [6, 6.07) is 0. The van der Waals surface area contributed by atoms with Gasteiger partial charge in [-0.25, -0.2) is 0 Å². The van der Waals surface area contributed by atoms with Crippen molar-refractivity contribution in [3.8, 4) is 0 Å². The van der Waals surface area contributed by atoms with Gasteiger partial charge in [-0.2, -0.15) is 0 Å². The van der Waals surface area contributed by atoms with Crippen LogP contribution in [0.15, 0.2) is 0 Å². The van der Waals surface area contributed by atoms with Crippen LogP contribution in [0, 0.1) is 0 Å². The summed E-state index contributed by atoms with van der Waals surface area (Å²) in [6.45, 7) is 6.51. The lowest BCUT2D eigenvalue weighted by atomic mass is 10.2. The quantitative estimate of drug-likeness (QED) is 0.719. The van der Waals surface area contributed by atoms with E-state index in [2.05, 4.69) is 31.0 Å². The van der Waals surface area contributed by atoms with Gasteiger partial charge in [0.2, 0.25) is 0 Å². The monoisotopic (exact) mass is 184 g/mol. The second-order valence-corrected chi connectivity index (χ2v) is 4.39. The molecule has 0 unspecified atom stereocenters. The van der Waals surface area contributed by atoms with Crippen LogP contribution in [-0.4, -0.2) is 10.2 Å². The Morgan fingerprint density at radius 1 is 1.33 bits per heavy atom. The van der Waals surface area contributed by atoms with Crippen molar-refractivity contribution in [2.45, 2.75) is 46.0 Å². The minimum atomic E-state index is 0.526. The molecule has 1 heterocycles. The van der Waals surface area contributed by atoms with E-state index in [-0.39, 0.29) is 0 Å². The molecule has 0 N–H and O–H groups in total. The molecule has 3 heteroatoms. The molecule has 0 fully saturated rings. The average Bonchev–Trinajstić information content (AvgIpc) is 2.48. The standard InChI is InChI=1S/C9H16N2S/c1-4-5-6-8-10-11-9(12-8)7(2)3/h7H,4-6H2,1-3H3. The van der Waals surface area contributed by atoms with E-state index in [4.69, 9.17) is 0 Å². The Bertz CT molecular complexity index is 230. The van der Waals surface area contributed by atoms with Gasteiger partial charge in [0.25, 0.3) is 0 Å². The Morgan fingerprint density at radius 3 is 2.58 bits per heavy atom. The Balaban J connectivity index is 2.52. The van der Waals surface area contributed by atoms with Crippen molar-refractivity contribution in [2.24, 2.45) is 0 Å². The topological polar surface area (TPSA) is 25.8 Å². The van der Waals surface area contributed by atoms with Gasteiger partial charge in [0.15, 0.2) is 0 Å². The van der Waals surface area contributed by atoms with Crippen LogP contribution >= 0.6 is 11.3 Å². The maximum atomic E-state index is 4.14. The Morgan fingerprint density at radius 2 is 2.08 bits per heavy atom. The third-order valence-corrected chi connectivity index (χ3v) is 3.00. The molecule has 0 radical (unpaired) electrons. The Labute approximate surface area is 78.0 Å². The molecular formula is C9H16N2S. The normalized spacial score (nSPS) is 11.0. The van der Waals surface area contributed by atoms with E-state index in [1.165, 1.54) is 22.9 Å². The minimum Gasteiger partial charge on any atom is -0.144 e. The van der Waals surface area contributed by atoms with Crippen LogP contribution in [-0.2, 0) is 6.42 Å². The van der Waals surface area contributed by atoms with Crippen LogP contribution in [0.3, 0.4) is 0 Å². The first-order valence-electron chi connectivity index (χ1n) is 4.56. The third kappa shape index (κ3) is 2.55. The largest absolute Gasteiger partial charge is 0.144 e. The second kappa shape index (κ2) is 4.55. The zero-order chi connectivity index (χ0) is 8.97. The lowest BCUT2D eigenvalue weighted by Crippen LogP contribution is -1.84. The van der Waals surface area contributed by atoms with Crippen LogP contribution in [0.25, 0.3) is 0 Å². The number of unbranched alkanes of at least 4 members (excludes halogenated alkanes) is 1. The number of hydrogen-bond acceptors (Lipinski definition) is 3. The highest BCUT2D eigenvalue weighted by Gasteiger charge is 2.06. The Kier molecular flexibility index (Phi) is 3.66. The fraction of sp³-hybridized carbons (Fsp3) is 0.778. The van der Waals surface area contributed by atoms with Gasteiger partial charge in [0, 0.05) is 12.3 Å². The molecule has 0 spiro atoms. The SMILES string of the molecule is CCCCc1nnc(C(C)C)s1. The Hall–Kier alpha value is -0.440. The number of rotatable bonds is 4. The van der Waals surface area contributed by atoms with Crippen molar-refractivity contribution < 1.29 is 0 Å². The lowest BCUT2D eigenvalue weighted by Gasteiger charge is -1.93. The molecule has 0 aliphatic heterocycles. The smallest absolute Gasteiger partial charge is 0.119 e. The van der Waals surface area contributed by atoms with Crippen LogP contribution in [0.4, 0.5) is 0 Å². The van der Waals surface area contributed by atoms with Gasteiger partial charge in [0.1, 0.15) is 10.0 Å². The highest BCUT2D eigenvalue weighted by atomic mass is 32.1. The number of nitrogens with zero attached hydrogens (tertiary/aromatic N) is 2. The van der Waals surface area contributed by atoms with Gasteiger partial charge in [0.05, 0.1) is 0 Å². The lowest BCUT2D eigenvalue weighted by molar-refractivity contribution is 0.770. The van der Waals surface area contributed by atoms with Crippen molar-refractivity contribution in [1.29, 1.82) is 0 Å². The first-order valence-corrected chi connectivity index (χ1v) is 5.38. The molecule has 0 atom stereocenters. The summed E-state index contributed by atoms with van der Waals surface area (Å²) in [6.07, 6.45) is 3.56. The summed E-state index contributed by atoms with van der Waals surface area (Å²) in [5, 5.41) is 10.6. The summed E-state index contributed by atoms with van der Waals surface area (Å²) < 4.78 is 0. The molecular weight excluding hydrogens is 168 g/mol. The third-order valence-electron chi connectivity index (χ3n) is 1.72. The second-order valence-electron chi connectivity index (χ2n) is 3.29. The number of aromatic nitrogens is 2. The molecule has 0 aliphatic rings. The maximum absolute atomic E-state index is 4.14. The van der Waals surface area contributed by atoms with Crippen molar-refractivity contribution in [3.05, 3.63) is 10.0 Å². The highest BCUT2D eigenvalue weighted by molar-refractivity contribution is 7.11. The zero-order valence-electron chi connectivity index (χ0n) is 8.00. The minimum absolute atomic E-state index is 0.526. The van der Waals surface area contributed by atoms with E-state index in [9.17, 15) is 0 Å². The predicted octanol–water partition coefficient (Wildman–Crippen LogP) is 3.00. The summed E-state index contributed by atoms with van der Waals surface area (Å²) in [7, 11) is 0. The van der Waals surface area contributed by atoms with Crippen LogP contribution in [0.1, 0.15) is 49.5 Å². The highest BCUT2D eigenvalue weighted by Crippen LogP contribution is 2.19. The first kappa shape index (κ1) is 9.65. The predicted molar refractivity (Wildman–Crippen MR) is 52.6 cm³/mol. The van der Waals surface area contributed by atoms with Crippen molar-refractivity contribution >= 4 is 11.3 Å². The fourth-order valence-corrected chi connectivity index (χ4v) is 1.82. The zero-order valence-corrected chi connectivity index (χ0v) is 8.82. The van der Waals surface area contributed by atoms with Gasteiger partial charge < -0.3 is 0 Å². The maximum Gasteiger partial charge on any atom is 0.119 e. The van der Waals surface area contributed by atoms with Gasteiger partial charge in [-0.1, -0.05) is 27.2 Å². The van der Waals surface area contributed by atoms with Gasteiger partial charge in [-0.05, 0) is 6.42 Å². The molecule has 0 aromatic carbocycles. The molecule has 12 heavy (non-hydrogen) atoms. The number of hydrogen-bond donors (Lipinski definition) is 0. The molecule has 0 saturated carbocycles. The fourth-order valence-electron chi connectivity index (χ4n) is 0.929. The van der Waals surface area contributed by atoms with Crippen LogP contribution < -0.4 is 0 Å². The average molecular weight is 184 g/mol. The summed E-state index contributed by atoms with van der Waals surface area (Å²) in [4.78, 5) is 0. The van der Waals surface area contributed by atoms with Crippen molar-refractivity contribution in [2.75, 3.05) is 0 Å². The molecule has 0 saturated heterocycles. The van der Waals surface area contributed by atoms with Gasteiger partial charge in [-0.15, -0.1) is 21.5 Å². The molecule has 0 amide bonds. The molecule has 68 valence electrons. The van der Waals surface area contributed by atoms with E-state index in [1.54, 1.807) is 11.3 Å². The van der Waals surface area contributed by atoms with Gasteiger partial charge in [-0.3, -0.25) is 0 Å². The molecule has 1 rings (SSSR count). The van der Waals surface area contributed by atoms with E-state index >= 15 is 0 Å². The molecule has 1 aromatic rings. The molecule has 0 bridgehead atoms. The van der Waals surface area contributed by atoms with Crippen LogP contribution in [0.2, 0.25) is 0 Å². The van der Waals surface area contributed by atoms with E-state index < -0.39 is 0 Å². The van der Waals surface area contributed by atoms with E-state index in [1.807, 2.05) is 0 Å². The van der Waals surface area contributed by atoms with Crippen molar-refractivity contribution in [1.82, 2.24) is 10.2 Å². The van der Waals surface area contributed by atoms with Crippen LogP contribution in [0.5, 0.6) is 0 Å². The summed E-state index contributed by atoms with van der Waals surface area (Å²) in [5.74, 6) is 0.526. The van der Waals surface area contributed by atoms with Crippen molar-refractivity contribution in [3.63, 3.8) is 0 Å². The van der Waals surface area contributed by atoms with E-state index in [0.717, 1.165) is 6.42 Å². The molecule has 2 nitrogen and oxygen atoms in total. The van der Waals surface area contributed by atoms with E-state index in [0.29, 0.717) is 5.92 Å². The summed E-state index contributed by atoms with van der Waals surface area (Å²) in [5.41, 5.74) is 0. The molecule has 1 aromatic heterocycles. The molecule has 0 aliphatic carbocycles.